The molecule has 126 valence electrons. The first-order valence-electron chi connectivity index (χ1n) is 8.45. The molecule has 24 heavy (non-hydrogen) atoms. The SMILES string of the molecule is CN(C(=O)c1ccn(-c2ccc(F)cc2)n1)C1CC2CCC(C1)N2. The van der Waals surface area contributed by atoms with Gasteiger partial charge in [0, 0.05) is 31.4 Å². The zero-order valence-electron chi connectivity index (χ0n) is 13.7. The van der Waals surface area contributed by atoms with E-state index in [-0.39, 0.29) is 17.8 Å². The zero-order valence-corrected chi connectivity index (χ0v) is 13.7. The normalized spacial score (nSPS) is 25.7. The van der Waals surface area contributed by atoms with Crippen LogP contribution in [0, 0.1) is 5.82 Å². The van der Waals surface area contributed by atoms with Crippen molar-refractivity contribution in [2.24, 2.45) is 0 Å². The van der Waals surface area contributed by atoms with Crippen molar-refractivity contribution in [2.75, 3.05) is 7.05 Å². The molecule has 2 saturated heterocycles. The number of hydrogen-bond donors (Lipinski definition) is 1. The summed E-state index contributed by atoms with van der Waals surface area (Å²) in [5.74, 6) is -0.343. The second-order valence-electron chi connectivity index (χ2n) is 6.80. The summed E-state index contributed by atoms with van der Waals surface area (Å²) >= 11 is 0. The van der Waals surface area contributed by atoms with Crippen LogP contribution in [0.4, 0.5) is 4.39 Å². The predicted molar refractivity (Wildman–Crippen MR) is 88.6 cm³/mol. The summed E-state index contributed by atoms with van der Waals surface area (Å²) in [6.45, 7) is 0. The second kappa shape index (κ2) is 6.02. The predicted octanol–water partition coefficient (Wildman–Crippen LogP) is 2.37. The fourth-order valence-electron chi connectivity index (χ4n) is 3.87. The molecule has 3 heterocycles. The highest BCUT2D eigenvalue weighted by atomic mass is 19.1. The molecule has 2 aromatic rings. The number of rotatable bonds is 3. The first-order valence-corrected chi connectivity index (χ1v) is 8.45. The van der Waals surface area contributed by atoms with E-state index in [2.05, 4.69) is 10.4 Å². The maximum absolute atomic E-state index is 13.0. The lowest BCUT2D eigenvalue weighted by molar-refractivity contribution is 0.0675. The van der Waals surface area contributed by atoms with Gasteiger partial charge in [-0.3, -0.25) is 4.79 Å². The Balaban J connectivity index is 1.49. The average molecular weight is 328 g/mol. The average Bonchev–Trinajstić information content (AvgIpc) is 3.21. The summed E-state index contributed by atoms with van der Waals surface area (Å²) in [6.07, 6.45) is 6.18. The van der Waals surface area contributed by atoms with E-state index >= 15 is 0 Å². The van der Waals surface area contributed by atoms with Gasteiger partial charge in [-0.1, -0.05) is 0 Å². The van der Waals surface area contributed by atoms with E-state index < -0.39 is 0 Å². The summed E-state index contributed by atoms with van der Waals surface area (Å²) in [5.41, 5.74) is 1.16. The maximum atomic E-state index is 13.0. The fourth-order valence-corrected chi connectivity index (χ4v) is 3.87. The molecule has 1 amide bonds. The van der Waals surface area contributed by atoms with E-state index in [0.29, 0.717) is 17.8 Å². The van der Waals surface area contributed by atoms with Crippen LogP contribution in [0.15, 0.2) is 36.5 Å². The third-order valence-corrected chi connectivity index (χ3v) is 5.22. The van der Waals surface area contributed by atoms with E-state index in [1.54, 1.807) is 29.1 Å². The Bertz CT molecular complexity index is 730. The molecule has 0 spiro atoms. The molecule has 2 aliphatic rings. The number of carbonyl (C=O) groups excluding carboxylic acids is 1. The van der Waals surface area contributed by atoms with Gasteiger partial charge in [0.05, 0.1) is 5.69 Å². The highest BCUT2D eigenvalue weighted by Crippen LogP contribution is 2.29. The Kier molecular flexibility index (Phi) is 3.84. The lowest BCUT2D eigenvalue weighted by Gasteiger charge is -2.35. The summed E-state index contributed by atoms with van der Waals surface area (Å²) in [4.78, 5) is 14.6. The van der Waals surface area contributed by atoms with Crippen molar-refractivity contribution in [2.45, 2.75) is 43.8 Å². The Hall–Kier alpha value is -2.21. The molecule has 0 saturated carbocycles. The number of piperidine rings is 1. The lowest BCUT2D eigenvalue weighted by atomic mass is 9.98. The number of carbonyl (C=O) groups is 1. The molecule has 2 atom stereocenters. The van der Waals surface area contributed by atoms with Crippen molar-refractivity contribution in [1.29, 1.82) is 0 Å². The second-order valence-corrected chi connectivity index (χ2v) is 6.80. The first-order chi connectivity index (χ1) is 11.6. The van der Waals surface area contributed by atoms with Crippen LogP contribution in [0.5, 0.6) is 0 Å². The van der Waals surface area contributed by atoms with Gasteiger partial charge in [-0.25, -0.2) is 9.07 Å². The number of hydrogen-bond acceptors (Lipinski definition) is 3. The highest BCUT2D eigenvalue weighted by molar-refractivity contribution is 5.92. The first kappa shape index (κ1) is 15.3. The summed E-state index contributed by atoms with van der Waals surface area (Å²) < 4.78 is 14.6. The van der Waals surface area contributed by atoms with Gasteiger partial charge < -0.3 is 10.2 Å². The van der Waals surface area contributed by atoms with Gasteiger partial charge in [-0.05, 0) is 56.0 Å². The van der Waals surface area contributed by atoms with Crippen LogP contribution in [-0.2, 0) is 0 Å². The number of amides is 1. The summed E-state index contributed by atoms with van der Waals surface area (Å²) in [7, 11) is 1.87. The van der Waals surface area contributed by atoms with Crippen molar-refractivity contribution < 1.29 is 9.18 Å². The quantitative estimate of drug-likeness (QED) is 0.941. The Morgan fingerprint density at radius 1 is 1.21 bits per heavy atom. The van der Waals surface area contributed by atoms with Gasteiger partial charge in [0.15, 0.2) is 5.69 Å². The minimum absolute atomic E-state index is 0.0536. The van der Waals surface area contributed by atoms with E-state index in [0.717, 1.165) is 18.5 Å². The molecule has 2 bridgehead atoms. The van der Waals surface area contributed by atoms with Gasteiger partial charge >= 0.3 is 0 Å². The van der Waals surface area contributed by atoms with Crippen LogP contribution < -0.4 is 5.32 Å². The molecule has 1 aromatic carbocycles. The fraction of sp³-hybridized carbons (Fsp3) is 0.444. The molecule has 0 radical (unpaired) electrons. The molecular weight excluding hydrogens is 307 g/mol. The minimum Gasteiger partial charge on any atom is -0.337 e. The third-order valence-electron chi connectivity index (χ3n) is 5.22. The van der Waals surface area contributed by atoms with Crippen LogP contribution in [0.3, 0.4) is 0 Å². The van der Waals surface area contributed by atoms with E-state index in [1.165, 1.54) is 25.0 Å². The minimum atomic E-state index is -0.289. The number of nitrogens with one attached hydrogen (secondary N) is 1. The number of fused-ring (bicyclic) bond motifs is 2. The topological polar surface area (TPSA) is 50.2 Å². The smallest absolute Gasteiger partial charge is 0.274 e. The van der Waals surface area contributed by atoms with Crippen LogP contribution in [0.2, 0.25) is 0 Å². The number of benzene rings is 1. The monoisotopic (exact) mass is 328 g/mol. The van der Waals surface area contributed by atoms with Gasteiger partial charge in [0.2, 0.25) is 0 Å². The molecule has 2 fully saturated rings. The van der Waals surface area contributed by atoms with Gasteiger partial charge in [0.1, 0.15) is 5.82 Å². The molecule has 0 aliphatic carbocycles. The van der Waals surface area contributed by atoms with Gasteiger partial charge in [-0.2, -0.15) is 5.10 Å². The van der Waals surface area contributed by atoms with Crippen molar-refractivity contribution >= 4 is 5.91 Å². The highest BCUT2D eigenvalue weighted by Gasteiger charge is 2.36. The van der Waals surface area contributed by atoms with Crippen LogP contribution >= 0.6 is 0 Å². The van der Waals surface area contributed by atoms with Gasteiger partial charge in [0.25, 0.3) is 5.91 Å². The molecule has 4 rings (SSSR count). The number of aromatic nitrogens is 2. The number of halogens is 1. The summed E-state index contributed by atoms with van der Waals surface area (Å²) in [5, 5.41) is 7.96. The Morgan fingerprint density at radius 3 is 2.54 bits per heavy atom. The Labute approximate surface area is 140 Å². The van der Waals surface area contributed by atoms with Crippen molar-refractivity contribution in [3.8, 4) is 5.69 Å². The van der Waals surface area contributed by atoms with E-state index in [9.17, 15) is 9.18 Å². The van der Waals surface area contributed by atoms with Crippen molar-refractivity contribution in [3.05, 3.63) is 48.0 Å². The molecule has 2 unspecified atom stereocenters. The molecule has 1 aromatic heterocycles. The van der Waals surface area contributed by atoms with Crippen molar-refractivity contribution in [3.63, 3.8) is 0 Å². The largest absolute Gasteiger partial charge is 0.337 e. The van der Waals surface area contributed by atoms with Crippen LogP contribution in [0.25, 0.3) is 5.69 Å². The molecular formula is C18H21FN4O. The van der Waals surface area contributed by atoms with Crippen LogP contribution in [0.1, 0.15) is 36.2 Å². The van der Waals surface area contributed by atoms with Gasteiger partial charge in [-0.15, -0.1) is 0 Å². The molecule has 1 N–H and O–H groups in total. The van der Waals surface area contributed by atoms with Crippen LogP contribution in [-0.4, -0.2) is 45.8 Å². The standard InChI is InChI=1S/C18H21FN4O/c1-22(16-10-13-4-5-14(11-16)20-13)18(24)17-8-9-23(21-17)15-6-2-12(19)3-7-15/h2-3,6-9,13-14,16,20H,4-5,10-11H2,1H3. The molecule has 6 heteroatoms. The number of nitrogens with zero attached hydrogens (tertiary/aromatic N) is 3. The maximum Gasteiger partial charge on any atom is 0.274 e. The van der Waals surface area contributed by atoms with E-state index in [4.69, 9.17) is 0 Å². The zero-order chi connectivity index (χ0) is 16.7. The Morgan fingerprint density at radius 2 is 1.88 bits per heavy atom. The molecule has 5 nitrogen and oxygen atoms in total. The molecule has 2 aliphatic heterocycles. The van der Waals surface area contributed by atoms with E-state index in [1.807, 2.05) is 11.9 Å². The summed E-state index contributed by atoms with van der Waals surface area (Å²) in [6, 6.07) is 9.13. The third kappa shape index (κ3) is 2.82. The van der Waals surface area contributed by atoms with Crippen molar-refractivity contribution in [1.82, 2.24) is 20.0 Å². The lowest BCUT2D eigenvalue weighted by Crippen LogP contribution is -2.48.